The molecule has 5 nitrogen and oxygen atoms in total. The first-order chi connectivity index (χ1) is 8.24. The molecule has 1 saturated heterocycles. The van der Waals surface area contributed by atoms with Crippen molar-refractivity contribution in [1.82, 2.24) is 15.6 Å². The Balaban J connectivity index is 2.28. The largest absolute Gasteiger partial charge is 0.357 e. The van der Waals surface area contributed by atoms with Crippen molar-refractivity contribution in [2.75, 3.05) is 31.6 Å². The number of piperazine rings is 1. The lowest BCUT2D eigenvalue weighted by molar-refractivity contribution is -0.122. The van der Waals surface area contributed by atoms with E-state index in [-0.39, 0.29) is 11.9 Å². The third kappa shape index (κ3) is 2.50. The molecule has 92 valence electrons. The minimum Gasteiger partial charge on any atom is -0.357 e. The van der Waals surface area contributed by atoms with Gasteiger partial charge in [0, 0.05) is 39.1 Å². The van der Waals surface area contributed by atoms with Crippen LogP contribution in [0.5, 0.6) is 0 Å². The number of carbonyl (C=O) groups is 1. The fourth-order valence-electron chi connectivity index (χ4n) is 1.99. The molecule has 1 fully saturated rings. The van der Waals surface area contributed by atoms with Gasteiger partial charge in [0.05, 0.1) is 10.7 Å². The number of aromatic nitrogens is 1. The van der Waals surface area contributed by atoms with Gasteiger partial charge in [-0.2, -0.15) is 0 Å². The molecule has 0 radical (unpaired) electrons. The predicted octanol–water partition coefficient (Wildman–Crippen LogP) is 0.259. The smallest absolute Gasteiger partial charge is 0.243 e. The maximum absolute atomic E-state index is 11.8. The molecule has 1 aromatic heterocycles. The summed E-state index contributed by atoms with van der Waals surface area (Å²) in [6, 6.07) is 1.61. The summed E-state index contributed by atoms with van der Waals surface area (Å²) in [4.78, 5) is 17.8. The number of carbonyl (C=O) groups excluding carboxylic acids is 1. The van der Waals surface area contributed by atoms with E-state index in [1.165, 1.54) is 0 Å². The van der Waals surface area contributed by atoms with Gasteiger partial charge in [0.25, 0.3) is 0 Å². The van der Waals surface area contributed by atoms with Gasteiger partial charge in [0.15, 0.2) is 0 Å². The monoisotopic (exact) mass is 254 g/mol. The Labute approximate surface area is 105 Å². The average Bonchev–Trinajstić information content (AvgIpc) is 2.38. The van der Waals surface area contributed by atoms with Crippen LogP contribution in [-0.2, 0) is 4.79 Å². The van der Waals surface area contributed by atoms with E-state index in [0.29, 0.717) is 11.6 Å². The Kier molecular flexibility index (Phi) is 3.81. The third-order valence-corrected chi connectivity index (χ3v) is 3.14. The van der Waals surface area contributed by atoms with Crippen LogP contribution in [0.15, 0.2) is 18.5 Å². The molecule has 2 N–H and O–H groups in total. The molecule has 1 aliphatic rings. The zero-order valence-corrected chi connectivity index (χ0v) is 10.4. The van der Waals surface area contributed by atoms with Crippen molar-refractivity contribution in [2.24, 2.45) is 0 Å². The van der Waals surface area contributed by atoms with Crippen LogP contribution in [0.1, 0.15) is 0 Å². The number of anilines is 1. The molecule has 1 atom stereocenters. The number of nitrogens with zero attached hydrogens (tertiary/aromatic N) is 2. The molecule has 1 unspecified atom stereocenters. The van der Waals surface area contributed by atoms with Crippen molar-refractivity contribution in [3.8, 4) is 0 Å². The van der Waals surface area contributed by atoms with Gasteiger partial charge >= 0.3 is 0 Å². The Morgan fingerprint density at radius 3 is 3.24 bits per heavy atom. The van der Waals surface area contributed by atoms with Gasteiger partial charge in [-0.25, -0.2) is 0 Å². The van der Waals surface area contributed by atoms with Crippen LogP contribution in [0.2, 0.25) is 5.02 Å². The molecule has 2 heterocycles. The molecule has 1 aromatic rings. The molecule has 0 spiro atoms. The molecule has 1 aliphatic heterocycles. The summed E-state index contributed by atoms with van der Waals surface area (Å²) in [6.45, 7) is 2.21. The molecule has 0 aliphatic carbocycles. The van der Waals surface area contributed by atoms with Crippen molar-refractivity contribution in [3.05, 3.63) is 23.5 Å². The molecule has 0 saturated carbocycles. The molecule has 1 amide bonds. The van der Waals surface area contributed by atoms with Crippen molar-refractivity contribution in [3.63, 3.8) is 0 Å². The number of hydrogen-bond donors (Lipinski definition) is 2. The summed E-state index contributed by atoms with van der Waals surface area (Å²) in [5.74, 6) is -0.00919. The van der Waals surface area contributed by atoms with Crippen LogP contribution in [0.4, 0.5) is 5.69 Å². The second-order valence-corrected chi connectivity index (χ2v) is 4.26. The first kappa shape index (κ1) is 12.1. The van der Waals surface area contributed by atoms with E-state index < -0.39 is 0 Å². The van der Waals surface area contributed by atoms with Crippen molar-refractivity contribution < 1.29 is 4.79 Å². The van der Waals surface area contributed by atoms with Crippen LogP contribution in [0.3, 0.4) is 0 Å². The number of nitrogens with one attached hydrogen (secondary N) is 2. The fraction of sp³-hybridized carbons (Fsp3) is 0.455. The van der Waals surface area contributed by atoms with Gasteiger partial charge in [0.2, 0.25) is 5.91 Å². The Bertz CT molecular complexity index is 412. The highest BCUT2D eigenvalue weighted by Gasteiger charge is 2.29. The lowest BCUT2D eigenvalue weighted by atomic mass is 10.1. The maximum atomic E-state index is 11.8. The minimum atomic E-state index is -0.228. The maximum Gasteiger partial charge on any atom is 0.243 e. The molecule has 0 aromatic carbocycles. The number of halogens is 1. The van der Waals surface area contributed by atoms with E-state index >= 15 is 0 Å². The Morgan fingerprint density at radius 1 is 1.71 bits per heavy atom. The molecular formula is C11H15ClN4O. The van der Waals surface area contributed by atoms with Gasteiger partial charge in [-0.3, -0.25) is 9.78 Å². The lowest BCUT2D eigenvalue weighted by Gasteiger charge is -2.37. The molecule has 17 heavy (non-hydrogen) atoms. The van der Waals surface area contributed by atoms with E-state index in [1.807, 2.05) is 11.0 Å². The van der Waals surface area contributed by atoms with Crippen LogP contribution in [0.25, 0.3) is 0 Å². The van der Waals surface area contributed by atoms with Gasteiger partial charge in [-0.1, -0.05) is 11.6 Å². The number of amides is 1. The highest BCUT2D eigenvalue weighted by atomic mass is 35.5. The van der Waals surface area contributed by atoms with Crippen molar-refractivity contribution >= 4 is 23.2 Å². The second-order valence-electron chi connectivity index (χ2n) is 3.85. The van der Waals surface area contributed by atoms with Crippen LogP contribution in [-0.4, -0.2) is 43.6 Å². The lowest BCUT2D eigenvalue weighted by Crippen LogP contribution is -2.57. The minimum absolute atomic E-state index is 0.00919. The fourth-order valence-corrected chi connectivity index (χ4v) is 2.22. The Hall–Kier alpha value is -1.33. The molecular weight excluding hydrogens is 240 g/mol. The topological polar surface area (TPSA) is 57.3 Å². The highest BCUT2D eigenvalue weighted by Crippen LogP contribution is 2.26. The van der Waals surface area contributed by atoms with Crippen LogP contribution in [0, 0.1) is 0 Å². The highest BCUT2D eigenvalue weighted by molar-refractivity contribution is 6.33. The van der Waals surface area contributed by atoms with Gasteiger partial charge in [-0.15, -0.1) is 0 Å². The van der Waals surface area contributed by atoms with Crippen LogP contribution >= 0.6 is 11.6 Å². The Morgan fingerprint density at radius 2 is 2.53 bits per heavy atom. The van der Waals surface area contributed by atoms with Crippen molar-refractivity contribution in [1.29, 1.82) is 0 Å². The van der Waals surface area contributed by atoms with E-state index in [4.69, 9.17) is 11.6 Å². The summed E-state index contributed by atoms with van der Waals surface area (Å²) in [6.07, 6.45) is 3.28. The molecule has 2 rings (SSSR count). The molecule has 0 bridgehead atoms. The second kappa shape index (κ2) is 5.33. The predicted molar refractivity (Wildman–Crippen MR) is 67.3 cm³/mol. The number of hydrogen-bond acceptors (Lipinski definition) is 4. The summed E-state index contributed by atoms with van der Waals surface area (Å²) in [7, 11) is 1.64. The van der Waals surface area contributed by atoms with Crippen LogP contribution < -0.4 is 15.5 Å². The third-order valence-electron chi connectivity index (χ3n) is 2.85. The van der Waals surface area contributed by atoms with E-state index in [1.54, 1.807) is 19.4 Å². The van der Waals surface area contributed by atoms with E-state index in [2.05, 4.69) is 15.6 Å². The summed E-state index contributed by atoms with van der Waals surface area (Å²) in [5.41, 5.74) is 0.858. The van der Waals surface area contributed by atoms with Gasteiger partial charge < -0.3 is 15.5 Å². The number of rotatable bonds is 2. The standard InChI is InChI=1S/C11H15ClN4O/c1-13-11(17)10-7-15-4-5-16(10)9-2-3-14-6-8(9)12/h2-3,6,10,15H,4-5,7H2,1H3,(H,13,17). The quantitative estimate of drug-likeness (QED) is 0.795. The first-order valence-electron chi connectivity index (χ1n) is 5.52. The first-order valence-corrected chi connectivity index (χ1v) is 5.90. The SMILES string of the molecule is CNC(=O)C1CNCCN1c1ccncc1Cl. The summed E-state index contributed by atoms with van der Waals surface area (Å²) >= 11 is 6.11. The summed E-state index contributed by atoms with van der Waals surface area (Å²) in [5, 5.41) is 6.46. The van der Waals surface area contributed by atoms with Crippen molar-refractivity contribution in [2.45, 2.75) is 6.04 Å². The zero-order chi connectivity index (χ0) is 12.3. The normalized spacial score (nSPS) is 20.1. The number of pyridine rings is 1. The summed E-state index contributed by atoms with van der Waals surface area (Å²) < 4.78 is 0. The van der Waals surface area contributed by atoms with Gasteiger partial charge in [-0.05, 0) is 6.07 Å². The van der Waals surface area contributed by atoms with E-state index in [9.17, 15) is 4.79 Å². The van der Waals surface area contributed by atoms with E-state index in [0.717, 1.165) is 18.8 Å². The average molecular weight is 255 g/mol. The zero-order valence-electron chi connectivity index (χ0n) is 9.61. The molecule has 6 heteroatoms. The number of likely N-dealkylation sites (N-methyl/N-ethyl adjacent to an activating group) is 1. The van der Waals surface area contributed by atoms with Gasteiger partial charge in [0.1, 0.15) is 6.04 Å².